The van der Waals surface area contributed by atoms with Crippen LogP contribution in [0.3, 0.4) is 0 Å². The zero-order chi connectivity index (χ0) is 23.7. The number of aromatic nitrogens is 5. The third-order valence-corrected chi connectivity index (χ3v) is 6.01. The molecule has 34 heavy (non-hydrogen) atoms. The molecule has 1 fully saturated rings. The summed E-state index contributed by atoms with van der Waals surface area (Å²) in [4.78, 5) is 13.2. The molecule has 1 saturated carbocycles. The lowest BCUT2D eigenvalue weighted by Gasteiger charge is -2.27. The van der Waals surface area contributed by atoms with E-state index in [1.807, 2.05) is 44.2 Å². The number of hydrogen-bond donors (Lipinski definition) is 2. The summed E-state index contributed by atoms with van der Waals surface area (Å²) in [6.07, 6.45) is 6.94. The van der Waals surface area contributed by atoms with Crippen LogP contribution in [0, 0.1) is 11.3 Å². The highest BCUT2D eigenvalue weighted by Gasteiger charge is 2.23. The van der Waals surface area contributed by atoms with Crippen molar-refractivity contribution in [3.63, 3.8) is 0 Å². The standard InChI is InChI=1S/C25H24N8O/c1-25(2,14-26)20-12-16(10-11-28-20)19-13-29-22(27)21(31-19)24-33-32-23(34-24)15-6-8-18(9-7-15)30-17-4-3-5-17/h6-13,17,30H,3-5H2,1-2H3,(H2,27,29). The Hall–Kier alpha value is -4.32. The number of pyridine rings is 1. The van der Waals surface area contributed by atoms with Crippen molar-refractivity contribution >= 4 is 11.5 Å². The van der Waals surface area contributed by atoms with E-state index in [1.54, 1.807) is 18.5 Å². The highest BCUT2D eigenvalue weighted by Crippen LogP contribution is 2.30. The molecule has 0 amide bonds. The van der Waals surface area contributed by atoms with Crippen molar-refractivity contribution in [2.45, 2.75) is 44.6 Å². The average molecular weight is 453 g/mol. The topological polar surface area (TPSA) is 139 Å². The molecule has 1 aliphatic carbocycles. The van der Waals surface area contributed by atoms with Crippen molar-refractivity contribution in [1.29, 1.82) is 5.26 Å². The van der Waals surface area contributed by atoms with Crippen LogP contribution in [-0.4, -0.2) is 31.2 Å². The molecule has 3 aromatic heterocycles. The molecule has 4 aromatic rings. The third-order valence-electron chi connectivity index (χ3n) is 6.01. The van der Waals surface area contributed by atoms with E-state index in [1.165, 1.54) is 19.3 Å². The number of nitrogens with zero attached hydrogens (tertiary/aromatic N) is 6. The Bertz CT molecular complexity index is 1370. The van der Waals surface area contributed by atoms with Gasteiger partial charge in [-0.3, -0.25) is 4.98 Å². The number of anilines is 2. The molecule has 9 nitrogen and oxygen atoms in total. The molecule has 170 valence electrons. The summed E-state index contributed by atoms with van der Waals surface area (Å²) >= 11 is 0. The van der Waals surface area contributed by atoms with Crippen LogP contribution in [0.25, 0.3) is 34.3 Å². The van der Waals surface area contributed by atoms with Crippen molar-refractivity contribution < 1.29 is 4.42 Å². The lowest BCUT2D eigenvalue weighted by atomic mass is 9.90. The van der Waals surface area contributed by atoms with Gasteiger partial charge in [0.2, 0.25) is 5.89 Å². The minimum atomic E-state index is -0.732. The summed E-state index contributed by atoms with van der Waals surface area (Å²) in [7, 11) is 0. The highest BCUT2D eigenvalue weighted by molar-refractivity contribution is 5.69. The fourth-order valence-corrected chi connectivity index (χ4v) is 3.62. The Kier molecular flexibility index (Phi) is 5.42. The molecule has 0 saturated heterocycles. The summed E-state index contributed by atoms with van der Waals surface area (Å²) in [5.41, 5.74) is 9.50. The first kappa shape index (κ1) is 21.5. The second-order valence-corrected chi connectivity index (χ2v) is 8.92. The number of nitrogens with one attached hydrogen (secondary N) is 1. The van der Waals surface area contributed by atoms with Crippen LogP contribution in [0.4, 0.5) is 11.5 Å². The number of benzene rings is 1. The minimum absolute atomic E-state index is 0.185. The van der Waals surface area contributed by atoms with E-state index in [2.05, 4.69) is 36.5 Å². The molecule has 3 N–H and O–H groups in total. The minimum Gasteiger partial charge on any atom is -0.414 e. The predicted octanol–water partition coefficient (Wildman–Crippen LogP) is 4.60. The van der Waals surface area contributed by atoms with Crippen molar-refractivity contribution in [2.75, 3.05) is 11.1 Å². The molecule has 0 atom stereocenters. The summed E-state index contributed by atoms with van der Waals surface area (Å²) in [6.45, 7) is 3.63. The van der Waals surface area contributed by atoms with Crippen LogP contribution in [0.5, 0.6) is 0 Å². The summed E-state index contributed by atoms with van der Waals surface area (Å²) in [6, 6.07) is 14.4. The van der Waals surface area contributed by atoms with E-state index >= 15 is 0 Å². The van der Waals surface area contributed by atoms with Gasteiger partial charge in [-0.2, -0.15) is 5.26 Å². The number of nitriles is 1. The average Bonchev–Trinajstić information content (AvgIpc) is 3.32. The van der Waals surface area contributed by atoms with Crippen molar-refractivity contribution in [3.8, 4) is 40.4 Å². The predicted molar refractivity (Wildman–Crippen MR) is 128 cm³/mol. The van der Waals surface area contributed by atoms with E-state index in [0.29, 0.717) is 29.0 Å². The van der Waals surface area contributed by atoms with Gasteiger partial charge < -0.3 is 15.5 Å². The van der Waals surface area contributed by atoms with Gasteiger partial charge in [-0.15, -0.1) is 10.2 Å². The van der Waals surface area contributed by atoms with Gasteiger partial charge in [-0.05, 0) is 69.5 Å². The van der Waals surface area contributed by atoms with Crippen LogP contribution in [0.1, 0.15) is 38.8 Å². The molecule has 0 radical (unpaired) electrons. The monoisotopic (exact) mass is 452 g/mol. The summed E-state index contributed by atoms with van der Waals surface area (Å²) < 4.78 is 5.90. The number of nitrogens with two attached hydrogens (primary N) is 1. The molecule has 0 unspecified atom stereocenters. The van der Waals surface area contributed by atoms with Gasteiger partial charge in [-0.25, -0.2) is 9.97 Å². The molecule has 0 aliphatic heterocycles. The van der Waals surface area contributed by atoms with Crippen LogP contribution >= 0.6 is 0 Å². The smallest absolute Gasteiger partial charge is 0.270 e. The molecule has 3 heterocycles. The molecule has 5 rings (SSSR count). The molecule has 1 aliphatic rings. The number of nitrogen functional groups attached to an aromatic ring is 1. The van der Waals surface area contributed by atoms with Crippen molar-refractivity contribution in [2.24, 2.45) is 0 Å². The Morgan fingerprint density at radius 3 is 2.53 bits per heavy atom. The van der Waals surface area contributed by atoms with E-state index < -0.39 is 5.41 Å². The van der Waals surface area contributed by atoms with Crippen LogP contribution < -0.4 is 11.1 Å². The van der Waals surface area contributed by atoms with Crippen molar-refractivity contribution in [3.05, 3.63) is 54.5 Å². The molecule has 1 aromatic carbocycles. The largest absolute Gasteiger partial charge is 0.414 e. The van der Waals surface area contributed by atoms with Gasteiger partial charge in [0.15, 0.2) is 11.5 Å². The van der Waals surface area contributed by atoms with Crippen LogP contribution in [0.2, 0.25) is 0 Å². The van der Waals surface area contributed by atoms with Gasteiger partial charge in [0, 0.05) is 29.1 Å². The molecule has 0 bridgehead atoms. The van der Waals surface area contributed by atoms with Crippen molar-refractivity contribution in [1.82, 2.24) is 25.1 Å². The maximum Gasteiger partial charge on any atom is 0.270 e. The summed E-state index contributed by atoms with van der Waals surface area (Å²) in [5.74, 6) is 0.745. The first-order valence-corrected chi connectivity index (χ1v) is 11.1. The van der Waals surface area contributed by atoms with E-state index in [-0.39, 0.29) is 11.7 Å². The Balaban J connectivity index is 1.42. The third kappa shape index (κ3) is 4.18. The zero-order valence-corrected chi connectivity index (χ0v) is 19.0. The molecule has 9 heteroatoms. The van der Waals surface area contributed by atoms with Gasteiger partial charge >= 0.3 is 0 Å². The second-order valence-electron chi connectivity index (χ2n) is 8.92. The summed E-state index contributed by atoms with van der Waals surface area (Å²) in [5, 5.41) is 21.3. The quantitative estimate of drug-likeness (QED) is 0.429. The SMILES string of the molecule is CC(C)(C#N)c1cc(-c2cnc(N)c(-c3nnc(-c4ccc(NC5CCC5)cc4)o3)n2)ccn1. The van der Waals surface area contributed by atoms with Crippen LogP contribution in [0.15, 0.2) is 53.2 Å². The fraction of sp³-hybridized carbons (Fsp3) is 0.280. The second kappa shape index (κ2) is 8.56. The van der Waals surface area contributed by atoms with Gasteiger partial charge in [0.05, 0.1) is 29.1 Å². The number of hydrogen-bond acceptors (Lipinski definition) is 9. The first-order valence-electron chi connectivity index (χ1n) is 11.1. The van der Waals surface area contributed by atoms with Gasteiger partial charge in [0.25, 0.3) is 5.89 Å². The normalized spacial score (nSPS) is 13.8. The Morgan fingerprint density at radius 1 is 1.06 bits per heavy atom. The van der Waals surface area contributed by atoms with Crippen LogP contribution in [-0.2, 0) is 5.41 Å². The maximum atomic E-state index is 9.44. The van der Waals surface area contributed by atoms with E-state index in [4.69, 9.17) is 10.2 Å². The number of rotatable bonds is 6. The lowest BCUT2D eigenvalue weighted by molar-refractivity contribution is 0.445. The zero-order valence-electron chi connectivity index (χ0n) is 19.0. The highest BCUT2D eigenvalue weighted by atomic mass is 16.4. The van der Waals surface area contributed by atoms with Gasteiger partial charge in [-0.1, -0.05) is 0 Å². The fourth-order valence-electron chi connectivity index (χ4n) is 3.62. The lowest BCUT2D eigenvalue weighted by Crippen LogP contribution is -2.26. The molecular weight excluding hydrogens is 428 g/mol. The first-order chi connectivity index (χ1) is 16.4. The van der Waals surface area contributed by atoms with Gasteiger partial charge in [0.1, 0.15) is 0 Å². The van der Waals surface area contributed by atoms with E-state index in [0.717, 1.165) is 16.8 Å². The Labute approximate surface area is 197 Å². The maximum absolute atomic E-state index is 9.44. The van der Waals surface area contributed by atoms with E-state index in [9.17, 15) is 5.26 Å². The Morgan fingerprint density at radius 2 is 1.82 bits per heavy atom. The molecule has 0 spiro atoms. The molecular formula is C25H24N8O.